The second kappa shape index (κ2) is 6.99. The summed E-state index contributed by atoms with van der Waals surface area (Å²) in [4.78, 5) is 15.8. The first kappa shape index (κ1) is 15.2. The maximum atomic E-state index is 11.8. The van der Waals surface area contributed by atoms with Crippen LogP contribution in [0.3, 0.4) is 0 Å². The summed E-state index contributed by atoms with van der Waals surface area (Å²) >= 11 is 0. The van der Waals surface area contributed by atoms with Crippen LogP contribution in [0.1, 0.15) is 47.5 Å². The molecule has 0 bridgehead atoms. The second-order valence-electron chi connectivity index (χ2n) is 5.26. The van der Waals surface area contributed by atoms with E-state index in [1.807, 2.05) is 24.3 Å². The van der Waals surface area contributed by atoms with E-state index in [1.165, 1.54) is 5.56 Å². The molecular weight excluding hydrogens is 264 g/mol. The van der Waals surface area contributed by atoms with E-state index in [4.69, 9.17) is 0 Å². The van der Waals surface area contributed by atoms with Gasteiger partial charge in [-0.05, 0) is 29.2 Å². The van der Waals surface area contributed by atoms with Crippen LogP contribution in [0.4, 0.5) is 0 Å². The second-order valence-corrected chi connectivity index (χ2v) is 5.26. The molecule has 110 valence electrons. The minimum absolute atomic E-state index is 0.163. The number of amides is 1. The van der Waals surface area contributed by atoms with Gasteiger partial charge in [-0.15, -0.1) is 0 Å². The Morgan fingerprint density at radius 1 is 1.14 bits per heavy atom. The number of carbonyl (C=O) groups excluding carboxylic acids is 1. The number of aromatic nitrogens is 1. The third-order valence-corrected chi connectivity index (χ3v) is 3.34. The number of pyridine rings is 1. The van der Waals surface area contributed by atoms with Crippen LogP contribution in [-0.2, 0) is 0 Å². The smallest absolute Gasteiger partial charge is 0.269 e. The monoisotopic (exact) mass is 284 g/mol. The van der Waals surface area contributed by atoms with Gasteiger partial charge in [0.05, 0.1) is 6.10 Å². The Balaban J connectivity index is 1.92. The normalized spacial score (nSPS) is 12.2. The SMILES string of the molecule is CC(C)c1ccc(C(O)CNC(=O)c2ccccn2)cc1. The highest BCUT2D eigenvalue weighted by Crippen LogP contribution is 2.18. The molecule has 0 radical (unpaired) electrons. The predicted octanol–water partition coefficient (Wildman–Crippen LogP) is 2.67. The lowest BCUT2D eigenvalue weighted by molar-refractivity contribution is 0.0911. The van der Waals surface area contributed by atoms with Gasteiger partial charge in [0, 0.05) is 12.7 Å². The number of hydrogen-bond donors (Lipinski definition) is 2. The molecule has 1 aromatic heterocycles. The fourth-order valence-corrected chi connectivity index (χ4v) is 2.00. The lowest BCUT2D eigenvalue weighted by Crippen LogP contribution is -2.28. The fourth-order valence-electron chi connectivity index (χ4n) is 2.00. The van der Waals surface area contributed by atoms with E-state index >= 15 is 0 Å². The van der Waals surface area contributed by atoms with Gasteiger partial charge < -0.3 is 10.4 Å². The van der Waals surface area contributed by atoms with Crippen LogP contribution in [0.5, 0.6) is 0 Å². The molecule has 0 aliphatic heterocycles. The Kier molecular flexibility index (Phi) is 5.06. The molecule has 0 aliphatic carbocycles. The molecule has 2 N–H and O–H groups in total. The van der Waals surface area contributed by atoms with Crippen LogP contribution in [0.15, 0.2) is 48.7 Å². The lowest BCUT2D eigenvalue weighted by atomic mass is 10.00. The molecule has 1 amide bonds. The van der Waals surface area contributed by atoms with Crippen molar-refractivity contribution in [2.24, 2.45) is 0 Å². The number of nitrogens with one attached hydrogen (secondary N) is 1. The Bertz CT molecular complexity index is 579. The molecule has 1 atom stereocenters. The average molecular weight is 284 g/mol. The molecule has 21 heavy (non-hydrogen) atoms. The summed E-state index contributed by atoms with van der Waals surface area (Å²) in [5.74, 6) is 0.175. The molecular formula is C17H20N2O2. The number of benzene rings is 1. The summed E-state index contributed by atoms with van der Waals surface area (Å²) in [7, 11) is 0. The van der Waals surface area contributed by atoms with E-state index in [0.29, 0.717) is 11.6 Å². The summed E-state index contributed by atoms with van der Waals surface area (Å²) in [6.07, 6.45) is 0.842. The van der Waals surface area contributed by atoms with Crippen LogP contribution < -0.4 is 5.32 Å². The van der Waals surface area contributed by atoms with E-state index in [2.05, 4.69) is 24.1 Å². The molecule has 0 spiro atoms. The quantitative estimate of drug-likeness (QED) is 0.887. The number of aliphatic hydroxyl groups excluding tert-OH is 1. The highest BCUT2D eigenvalue weighted by Gasteiger charge is 2.11. The summed E-state index contributed by atoms with van der Waals surface area (Å²) in [6, 6.07) is 12.9. The van der Waals surface area contributed by atoms with Crippen molar-refractivity contribution in [2.75, 3.05) is 6.54 Å². The Morgan fingerprint density at radius 2 is 1.81 bits per heavy atom. The molecule has 0 saturated heterocycles. The van der Waals surface area contributed by atoms with Crippen molar-refractivity contribution < 1.29 is 9.90 Å². The molecule has 1 heterocycles. The third-order valence-electron chi connectivity index (χ3n) is 3.34. The van der Waals surface area contributed by atoms with Crippen LogP contribution in [0.25, 0.3) is 0 Å². The third kappa shape index (κ3) is 4.13. The summed E-state index contributed by atoms with van der Waals surface area (Å²) < 4.78 is 0. The van der Waals surface area contributed by atoms with Gasteiger partial charge in [0.1, 0.15) is 5.69 Å². The molecule has 0 saturated carbocycles. The van der Waals surface area contributed by atoms with Crippen molar-refractivity contribution in [1.82, 2.24) is 10.3 Å². The maximum absolute atomic E-state index is 11.8. The minimum atomic E-state index is -0.723. The topological polar surface area (TPSA) is 62.2 Å². The summed E-state index contributed by atoms with van der Waals surface area (Å²) in [5.41, 5.74) is 2.36. The highest BCUT2D eigenvalue weighted by molar-refractivity contribution is 5.92. The standard InChI is InChI=1S/C17H20N2O2/c1-12(2)13-6-8-14(9-7-13)16(20)11-19-17(21)15-5-3-4-10-18-15/h3-10,12,16,20H,11H2,1-2H3,(H,19,21). The zero-order valence-corrected chi connectivity index (χ0v) is 12.3. The Morgan fingerprint density at radius 3 is 2.38 bits per heavy atom. The van der Waals surface area contributed by atoms with Crippen molar-refractivity contribution >= 4 is 5.91 Å². The predicted molar refractivity (Wildman–Crippen MR) is 82.1 cm³/mol. The van der Waals surface area contributed by atoms with Gasteiger partial charge in [-0.2, -0.15) is 0 Å². The molecule has 1 aromatic carbocycles. The van der Waals surface area contributed by atoms with Crippen LogP contribution in [0, 0.1) is 0 Å². The van der Waals surface area contributed by atoms with Gasteiger partial charge in [-0.3, -0.25) is 9.78 Å². The van der Waals surface area contributed by atoms with Gasteiger partial charge in [0.2, 0.25) is 0 Å². The van der Waals surface area contributed by atoms with Crippen LogP contribution in [0.2, 0.25) is 0 Å². The number of aliphatic hydroxyl groups is 1. The van der Waals surface area contributed by atoms with E-state index in [9.17, 15) is 9.90 Å². The number of rotatable bonds is 5. The highest BCUT2D eigenvalue weighted by atomic mass is 16.3. The number of hydrogen-bond acceptors (Lipinski definition) is 3. The van der Waals surface area contributed by atoms with Crippen LogP contribution >= 0.6 is 0 Å². The van der Waals surface area contributed by atoms with Crippen molar-refractivity contribution in [2.45, 2.75) is 25.9 Å². The molecule has 1 unspecified atom stereocenters. The van der Waals surface area contributed by atoms with E-state index in [1.54, 1.807) is 24.4 Å². The number of nitrogens with zero attached hydrogens (tertiary/aromatic N) is 1. The average Bonchev–Trinajstić information content (AvgIpc) is 2.53. The molecule has 4 heteroatoms. The van der Waals surface area contributed by atoms with Crippen molar-refractivity contribution in [1.29, 1.82) is 0 Å². The minimum Gasteiger partial charge on any atom is -0.387 e. The molecule has 0 fully saturated rings. The van der Waals surface area contributed by atoms with Gasteiger partial charge in [-0.25, -0.2) is 0 Å². The van der Waals surface area contributed by atoms with Gasteiger partial charge in [0.15, 0.2) is 0 Å². The fraction of sp³-hybridized carbons (Fsp3) is 0.294. The first-order valence-corrected chi connectivity index (χ1v) is 7.05. The van der Waals surface area contributed by atoms with E-state index < -0.39 is 6.10 Å². The Hall–Kier alpha value is -2.20. The van der Waals surface area contributed by atoms with E-state index in [-0.39, 0.29) is 12.5 Å². The maximum Gasteiger partial charge on any atom is 0.269 e. The van der Waals surface area contributed by atoms with Crippen LogP contribution in [-0.4, -0.2) is 22.5 Å². The summed E-state index contributed by atoms with van der Waals surface area (Å²) in [5, 5.41) is 12.8. The largest absolute Gasteiger partial charge is 0.387 e. The van der Waals surface area contributed by atoms with Gasteiger partial charge in [0.25, 0.3) is 5.91 Å². The first-order valence-electron chi connectivity index (χ1n) is 7.05. The first-order chi connectivity index (χ1) is 10.1. The molecule has 2 rings (SSSR count). The summed E-state index contributed by atoms with van der Waals surface area (Å²) in [6.45, 7) is 4.41. The number of carbonyl (C=O) groups is 1. The van der Waals surface area contributed by atoms with Crippen molar-refractivity contribution in [3.05, 3.63) is 65.5 Å². The zero-order chi connectivity index (χ0) is 15.2. The van der Waals surface area contributed by atoms with Gasteiger partial charge >= 0.3 is 0 Å². The Labute approximate surface area is 124 Å². The molecule has 0 aliphatic rings. The van der Waals surface area contributed by atoms with E-state index in [0.717, 1.165) is 5.56 Å². The zero-order valence-electron chi connectivity index (χ0n) is 12.3. The van der Waals surface area contributed by atoms with Gasteiger partial charge in [-0.1, -0.05) is 44.2 Å². The van der Waals surface area contributed by atoms with Crippen molar-refractivity contribution in [3.63, 3.8) is 0 Å². The molecule has 4 nitrogen and oxygen atoms in total. The molecule has 2 aromatic rings. The van der Waals surface area contributed by atoms with Crippen molar-refractivity contribution in [3.8, 4) is 0 Å². The lowest BCUT2D eigenvalue weighted by Gasteiger charge is -2.13.